The number of carbonyl (C=O) groups excluding carboxylic acids is 6. The highest BCUT2D eigenvalue weighted by atomic mass is 16.5. The molecule has 0 aromatic heterocycles. The minimum absolute atomic E-state index is 0.0368. The number of nitrogens with one attached hydrogen (secondary N) is 1. The van der Waals surface area contributed by atoms with Crippen LogP contribution in [0, 0.1) is 23.7 Å². The number of rotatable bonds is 10. The molecule has 0 spiro atoms. The van der Waals surface area contributed by atoms with Crippen molar-refractivity contribution in [2.45, 2.75) is 63.6 Å². The quantitative estimate of drug-likeness (QED) is 0.214. The summed E-state index contributed by atoms with van der Waals surface area (Å²) in [6.07, 6.45) is 3.15. The number of hydrogen-bond acceptors (Lipinski definition) is 11. The first-order chi connectivity index (χ1) is 20.7. The van der Waals surface area contributed by atoms with Gasteiger partial charge in [0.15, 0.2) is 34.7 Å². The van der Waals surface area contributed by atoms with Crippen molar-refractivity contribution in [3.8, 4) is 5.75 Å². The molecule has 3 aliphatic carbocycles. The molecule has 0 saturated heterocycles. The zero-order valence-corrected chi connectivity index (χ0v) is 25.8. The predicted molar refractivity (Wildman–Crippen MR) is 158 cm³/mol. The lowest BCUT2D eigenvalue weighted by Gasteiger charge is -2.52. The maximum Gasteiger partial charge on any atom is 0.407 e. The van der Waals surface area contributed by atoms with Crippen LogP contribution in [-0.2, 0) is 36.9 Å². The Morgan fingerprint density at radius 2 is 1.77 bits per heavy atom. The smallest absolute Gasteiger partial charge is 0.407 e. The van der Waals surface area contributed by atoms with Crippen molar-refractivity contribution in [1.82, 2.24) is 10.2 Å². The number of primary amides is 1. The number of carbonyl (C=O) groups is 6. The van der Waals surface area contributed by atoms with E-state index in [0.29, 0.717) is 11.3 Å². The minimum atomic E-state index is -2.79. The molecule has 2 unspecified atom stereocenters. The van der Waals surface area contributed by atoms with Crippen LogP contribution in [0.4, 0.5) is 10.5 Å². The third-order valence-corrected chi connectivity index (χ3v) is 9.25. The van der Waals surface area contributed by atoms with Gasteiger partial charge in [0.1, 0.15) is 5.75 Å². The second-order valence-electron chi connectivity index (χ2n) is 12.5. The summed E-state index contributed by atoms with van der Waals surface area (Å²) in [5.41, 5.74) is 3.71. The molecule has 3 aliphatic rings. The molecule has 2 fully saturated rings. The van der Waals surface area contributed by atoms with E-state index in [1.165, 1.54) is 19.0 Å². The summed E-state index contributed by atoms with van der Waals surface area (Å²) < 4.78 is 5.20. The number of anilines is 1. The number of nitrogens with zero attached hydrogens (tertiary/aromatic N) is 2. The summed E-state index contributed by atoms with van der Waals surface area (Å²) >= 11 is 0. The van der Waals surface area contributed by atoms with E-state index in [1.54, 1.807) is 25.1 Å². The Morgan fingerprint density at radius 3 is 2.36 bits per heavy atom. The van der Waals surface area contributed by atoms with Crippen molar-refractivity contribution in [2.24, 2.45) is 29.4 Å². The Labute approximate surface area is 256 Å². The van der Waals surface area contributed by atoms with E-state index in [2.05, 4.69) is 12.2 Å². The number of nitrogens with two attached hydrogens (primary N) is 1. The molecule has 4 rings (SSSR count). The van der Waals surface area contributed by atoms with Crippen molar-refractivity contribution in [3.63, 3.8) is 0 Å². The summed E-state index contributed by atoms with van der Waals surface area (Å²) in [6, 6.07) is 0.482. The molecule has 1 aromatic carbocycles. The monoisotopic (exact) mass is 614 g/mol. The fourth-order valence-corrected chi connectivity index (χ4v) is 7.15. The Bertz CT molecular complexity index is 1390. The number of unbranched alkanes of at least 4 members (excludes halogenated alkanes) is 3. The van der Waals surface area contributed by atoms with Crippen molar-refractivity contribution < 1.29 is 43.7 Å². The van der Waals surface area contributed by atoms with E-state index in [1.807, 2.05) is 0 Å². The molecule has 0 bridgehead atoms. The van der Waals surface area contributed by atoms with Gasteiger partial charge in [-0.25, -0.2) is 4.79 Å². The molecule has 240 valence electrons. The van der Waals surface area contributed by atoms with Crippen LogP contribution >= 0.6 is 0 Å². The lowest BCUT2D eigenvalue weighted by Crippen LogP contribution is -2.74. The van der Waals surface area contributed by atoms with E-state index in [0.717, 1.165) is 25.7 Å². The zero-order valence-electron chi connectivity index (χ0n) is 25.8. The summed E-state index contributed by atoms with van der Waals surface area (Å²) in [4.78, 5) is 82.5. The van der Waals surface area contributed by atoms with Crippen LogP contribution in [0.2, 0.25) is 0 Å². The number of amides is 2. The zero-order chi connectivity index (χ0) is 32.7. The number of ketones is 4. The van der Waals surface area contributed by atoms with Gasteiger partial charge >= 0.3 is 6.09 Å². The summed E-state index contributed by atoms with van der Waals surface area (Å²) in [5, 5.41) is 25.6. The second kappa shape index (κ2) is 12.6. The largest absolute Gasteiger partial charge is 0.507 e. The number of phenols is 1. The fourth-order valence-electron chi connectivity index (χ4n) is 7.15. The average molecular weight is 615 g/mol. The van der Waals surface area contributed by atoms with Crippen molar-refractivity contribution >= 4 is 40.8 Å². The first kappa shape index (κ1) is 33.1. The van der Waals surface area contributed by atoms with E-state index in [-0.39, 0.29) is 37.1 Å². The molecule has 0 aliphatic heterocycles. The van der Waals surface area contributed by atoms with Crippen molar-refractivity contribution in [2.75, 3.05) is 39.7 Å². The highest BCUT2D eigenvalue weighted by Gasteiger charge is 2.69. The number of alkyl carbamates (subject to hydrolysis) is 1. The molecule has 2 amide bonds. The average Bonchev–Trinajstić information content (AvgIpc) is 2.93. The van der Waals surface area contributed by atoms with Crippen molar-refractivity contribution in [1.29, 1.82) is 0 Å². The molecule has 0 heterocycles. The number of likely N-dealkylation sites (N-methyl/N-ethyl adjacent to an activating group) is 1. The van der Waals surface area contributed by atoms with Crippen LogP contribution in [0.1, 0.15) is 60.5 Å². The van der Waals surface area contributed by atoms with E-state index >= 15 is 0 Å². The third kappa shape index (κ3) is 5.47. The molecular formula is C31H42N4O9. The topological polar surface area (TPSA) is 197 Å². The second-order valence-corrected chi connectivity index (χ2v) is 12.5. The Morgan fingerprint density at radius 1 is 1.09 bits per heavy atom. The third-order valence-electron chi connectivity index (χ3n) is 9.25. The molecule has 6 atom stereocenters. The van der Waals surface area contributed by atoms with E-state index in [4.69, 9.17) is 10.5 Å². The lowest BCUT2D eigenvalue weighted by atomic mass is 9.52. The van der Waals surface area contributed by atoms with Gasteiger partial charge in [-0.3, -0.25) is 28.9 Å². The molecule has 44 heavy (non-hydrogen) atoms. The Hall–Kier alpha value is -3.84. The van der Waals surface area contributed by atoms with Crippen LogP contribution in [0.3, 0.4) is 0 Å². The number of benzene rings is 1. The number of aromatic hydroxyl groups is 1. The van der Waals surface area contributed by atoms with Crippen LogP contribution in [-0.4, -0.2) is 96.7 Å². The lowest BCUT2D eigenvalue weighted by molar-refractivity contribution is -0.181. The van der Waals surface area contributed by atoms with Gasteiger partial charge in [-0.05, 0) is 50.9 Å². The number of aliphatic hydroxyl groups is 1. The first-order valence-electron chi connectivity index (χ1n) is 15.0. The highest BCUT2D eigenvalue weighted by Crippen LogP contribution is 2.52. The maximum absolute atomic E-state index is 14.1. The van der Waals surface area contributed by atoms with Gasteiger partial charge in [0.05, 0.1) is 24.1 Å². The summed E-state index contributed by atoms with van der Waals surface area (Å²) in [5.74, 6) is -11.1. The number of phenolic OH excluding ortho intramolecular Hbond substituents is 1. The molecular weight excluding hydrogens is 572 g/mol. The van der Waals surface area contributed by atoms with Gasteiger partial charge < -0.3 is 30.9 Å². The van der Waals surface area contributed by atoms with E-state index < -0.39 is 76.2 Å². The fraction of sp³-hybridized carbons (Fsp3) is 0.613. The molecule has 2 saturated carbocycles. The van der Waals surface area contributed by atoms with E-state index in [9.17, 15) is 39.0 Å². The molecule has 5 N–H and O–H groups in total. The van der Waals surface area contributed by atoms with Gasteiger partial charge in [-0.15, -0.1) is 0 Å². The van der Waals surface area contributed by atoms with Crippen molar-refractivity contribution in [3.05, 3.63) is 22.8 Å². The number of hydrogen-bond donors (Lipinski definition) is 4. The first-order valence-corrected chi connectivity index (χ1v) is 15.0. The number of ether oxygens (including phenoxy) is 1. The van der Waals surface area contributed by atoms with Gasteiger partial charge in [0.25, 0.3) is 0 Å². The number of fused-ring (bicyclic) bond motifs is 3. The van der Waals surface area contributed by atoms with Crippen LogP contribution < -0.4 is 16.0 Å². The molecule has 0 radical (unpaired) electrons. The number of Topliss-reactive ketones (excluding diaryl/α,β-unsaturated/α-hetero) is 4. The summed E-state index contributed by atoms with van der Waals surface area (Å²) in [6.45, 7) is 2.15. The standard InChI is InChI=1S/C31H42N4O9/c1-6-7-8-9-10-44-30(42)33-14-16-13-19(34(2)3)17-11-15-12-18-23(35(4)5)26(38)22(29(32)41)28(40)31(18,43)27(39)20(15)25(37)21(17)24(16)36/h13,15,18,20,22-23,36,43H,6-12,14H2,1-5H3,(H2,32,41)(H,33,42)/t15-,18-,20?,22?,23-,31-/m0/s1. The summed E-state index contributed by atoms with van der Waals surface area (Å²) in [7, 11) is 6.57. The molecule has 13 nitrogen and oxygen atoms in total. The molecule has 13 heteroatoms. The Kier molecular flexibility index (Phi) is 9.50. The van der Waals surface area contributed by atoms with Gasteiger partial charge in [-0.1, -0.05) is 26.2 Å². The van der Waals surface area contributed by atoms with Gasteiger partial charge in [0.2, 0.25) is 5.91 Å². The molecule has 1 aromatic rings. The van der Waals surface area contributed by atoms with Gasteiger partial charge in [-0.2, -0.15) is 0 Å². The maximum atomic E-state index is 14.1. The minimum Gasteiger partial charge on any atom is -0.507 e. The van der Waals surface area contributed by atoms with Gasteiger partial charge in [0, 0.05) is 37.8 Å². The van der Waals surface area contributed by atoms with Crippen LogP contribution in [0.15, 0.2) is 6.07 Å². The predicted octanol–water partition coefficient (Wildman–Crippen LogP) is 0.740. The SMILES string of the molecule is CCCCCCOC(=O)NCc1cc(N(C)C)c2c(c1O)C(=O)C1C(=O)[C@]3(O)C(=O)C(C(N)=O)C(=O)[C@@H](N(C)C)[C@@H]3C[C@@H]1C2. The highest BCUT2D eigenvalue weighted by molar-refractivity contribution is 6.32. The Balaban J connectivity index is 1.70. The normalized spacial score (nSPS) is 27.8. The van der Waals surface area contributed by atoms with Crippen LogP contribution in [0.5, 0.6) is 5.75 Å². The van der Waals surface area contributed by atoms with Crippen LogP contribution in [0.25, 0.3) is 0 Å².